The summed E-state index contributed by atoms with van der Waals surface area (Å²) in [6.07, 6.45) is 14.0. The van der Waals surface area contributed by atoms with Crippen LogP contribution in [0.15, 0.2) is 36.4 Å². The maximum absolute atomic E-state index is 15.1. The van der Waals surface area contributed by atoms with E-state index in [2.05, 4.69) is 56.8 Å². The van der Waals surface area contributed by atoms with Crippen LogP contribution in [0.2, 0.25) is 0 Å². The molecule has 0 aromatic heterocycles. The van der Waals surface area contributed by atoms with Gasteiger partial charge >= 0.3 is 0 Å². The molecule has 2 aromatic rings. The fourth-order valence-corrected chi connectivity index (χ4v) is 6.65. The van der Waals surface area contributed by atoms with Crippen LogP contribution < -0.4 is 4.74 Å². The number of ether oxygens (including phenoxy) is 1. The van der Waals surface area contributed by atoms with E-state index in [1.807, 2.05) is 19.1 Å². The van der Waals surface area contributed by atoms with Crippen molar-refractivity contribution >= 4 is 11.8 Å². The van der Waals surface area contributed by atoms with Gasteiger partial charge in [-0.05, 0) is 116 Å². The fraction of sp³-hybridized carbons (Fsp3) is 0.636. The van der Waals surface area contributed by atoms with E-state index in [-0.39, 0.29) is 5.82 Å². The number of unbranched alkanes of at least 4 members (excludes halogenated alkanes) is 2. The molecule has 1 unspecified atom stereocenters. The van der Waals surface area contributed by atoms with Crippen LogP contribution in [-0.4, -0.2) is 18.1 Å². The van der Waals surface area contributed by atoms with Crippen LogP contribution in [0.25, 0.3) is 11.1 Å². The van der Waals surface area contributed by atoms with Crippen LogP contribution in [0.4, 0.5) is 4.39 Å². The monoisotopic (exact) mass is 512 g/mol. The molecule has 3 heteroatoms. The highest BCUT2D eigenvalue weighted by Gasteiger charge is 2.22. The van der Waals surface area contributed by atoms with Crippen LogP contribution in [0.5, 0.6) is 5.75 Å². The van der Waals surface area contributed by atoms with E-state index in [1.165, 1.54) is 74.9 Å². The average molecular weight is 513 g/mol. The van der Waals surface area contributed by atoms with Gasteiger partial charge in [-0.3, -0.25) is 0 Å². The topological polar surface area (TPSA) is 9.23 Å². The Kier molecular flexibility index (Phi) is 12.7. The number of rotatable bonds is 15. The van der Waals surface area contributed by atoms with E-state index in [9.17, 15) is 0 Å². The first-order valence-corrected chi connectivity index (χ1v) is 15.8. The van der Waals surface area contributed by atoms with Gasteiger partial charge < -0.3 is 4.74 Å². The highest BCUT2D eigenvalue weighted by molar-refractivity contribution is 7.99. The van der Waals surface area contributed by atoms with E-state index in [0.717, 1.165) is 35.8 Å². The quantitative estimate of drug-likeness (QED) is 0.219. The third-order valence-electron chi connectivity index (χ3n) is 8.23. The number of benzene rings is 2. The van der Waals surface area contributed by atoms with Gasteiger partial charge in [0.05, 0.1) is 6.61 Å². The molecule has 0 radical (unpaired) electrons. The van der Waals surface area contributed by atoms with Crippen molar-refractivity contribution < 1.29 is 9.13 Å². The first-order valence-electron chi connectivity index (χ1n) is 14.6. The maximum Gasteiger partial charge on any atom is 0.168 e. The summed E-state index contributed by atoms with van der Waals surface area (Å²) in [5, 5.41) is 0. The number of hydrogen-bond acceptors (Lipinski definition) is 2. The zero-order valence-corrected chi connectivity index (χ0v) is 24.1. The summed E-state index contributed by atoms with van der Waals surface area (Å²) in [4.78, 5) is 0. The predicted molar refractivity (Wildman–Crippen MR) is 157 cm³/mol. The van der Waals surface area contributed by atoms with Crippen LogP contribution in [0.1, 0.15) is 108 Å². The molecule has 1 aliphatic carbocycles. The van der Waals surface area contributed by atoms with Gasteiger partial charge in [-0.2, -0.15) is 11.8 Å². The summed E-state index contributed by atoms with van der Waals surface area (Å²) in [5.74, 6) is 5.12. The molecule has 0 amide bonds. The Hall–Kier alpha value is -1.48. The minimum Gasteiger partial charge on any atom is -0.491 e. The Balaban J connectivity index is 1.43. The van der Waals surface area contributed by atoms with Crippen molar-refractivity contribution in [3.8, 4) is 16.9 Å². The van der Waals surface area contributed by atoms with Crippen LogP contribution in [0.3, 0.4) is 0 Å². The second kappa shape index (κ2) is 15.7. The molecule has 3 rings (SSSR count). The molecule has 0 aliphatic heterocycles. The molecule has 0 saturated heterocycles. The SMILES string of the molecule is CCCC1CCC(c2ccc(-c3ccc(OCCCCCSCCC(C)CC)c(F)c3C)cc2)CC1. The van der Waals surface area contributed by atoms with Crippen molar-refractivity contribution in [1.82, 2.24) is 0 Å². The largest absolute Gasteiger partial charge is 0.491 e. The Labute approximate surface area is 225 Å². The normalized spacial score (nSPS) is 18.8. The summed E-state index contributed by atoms with van der Waals surface area (Å²) in [7, 11) is 0. The molecular weight excluding hydrogens is 463 g/mol. The zero-order chi connectivity index (χ0) is 25.8. The van der Waals surface area contributed by atoms with Crippen LogP contribution in [0, 0.1) is 24.6 Å². The molecule has 0 bridgehead atoms. The molecule has 1 saturated carbocycles. The van der Waals surface area contributed by atoms with Crippen molar-refractivity contribution in [2.24, 2.45) is 11.8 Å². The average Bonchev–Trinajstić information content (AvgIpc) is 2.90. The lowest BCUT2D eigenvalue weighted by Gasteiger charge is -2.28. The van der Waals surface area contributed by atoms with Crippen molar-refractivity contribution in [2.45, 2.75) is 104 Å². The molecule has 36 heavy (non-hydrogen) atoms. The molecule has 1 fully saturated rings. The lowest BCUT2D eigenvalue weighted by Crippen LogP contribution is -2.13. The van der Waals surface area contributed by atoms with E-state index in [4.69, 9.17) is 4.74 Å². The molecular formula is C33H49FOS. The van der Waals surface area contributed by atoms with Gasteiger partial charge in [-0.15, -0.1) is 0 Å². The summed E-state index contributed by atoms with van der Waals surface area (Å²) in [6.45, 7) is 9.36. The maximum atomic E-state index is 15.1. The Bertz CT molecular complexity index is 885. The highest BCUT2D eigenvalue weighted by Crippen LogP contribution is 2.38. The van der Waals surface area contributed by atoms with Crippen molar-refractivity contribution in [3.63, 3.8) is 0 Å². The van der Waals surface area contributed by atoms with E-state index < -0.39 is 0 Å². The van der Waals surface area contributed by atoms with Crippen molar-refractivity contribution in [1.29, 1.82) is 0 Å². The lowest BCUT2D eigenvalue weighted by atomic mass is 9.77. The second-order valence-electron chi connectivity index (χ2n) is 11.0. The second-order valence-corrected chi connectivity index (χ2v) is 12.2. The number of thioether (sulfide) groups is 1. The van der Waals surface area contributed by atoms with Gasteiger partial charge in [0.1, 0.15) is 0 Å². The Morgan fingerprint density at radius 2 is 1.69 bits per heavy atom. The summed E-state index contributed by atoms with van der Waals surface area (Å²) >= 11 is 2.06. The van der Waals surface area contributed by atoms with E-state index >= 15 is 4.39 Å². The summed E-state index contributed by atoms with van der Waals surface area (Å²) < 4.78 is 20.9. The fourth-order valence-electron chi connectivity index (χ4n) is 5.47. The molecule has 1 nitrogen and oxygen atoms in total. The van der Waals surface area contributed by atoms with Gasteiger partial charge in [-0.25, -0.2) is 4.39 Å². The smallest absolute Gasteiger partial charge is 0.168 e. The van der Waals surface area contributed by atoms with Crippen molar-refractivity contribution in [3.05, 3.63) is 53.3 Å². The molecule has 1 atom stereocenters. The third-order valence-corrected chi connectivity index (χ3v) is 9.33. The third kappa shape index (κ3) is 8.82. The zero-order valence-electron chi connectivity index (χ0n) is 23.3. The van der Waals surface area contributed by atoms with Gasteiger partial charge in [0.2, 0.25) is 0 Å². The molecule has 200 valence electrons. The molecule has 0 N–H and O–H groups in total. The Morgan fingerprint density at radius 1 is 0.944 bits per heavy atom. The van der Waals surface area contributed by atoms with Gasteiger partial charge in [-0.1, -0.05) is 70.4 Å². The van der Waals surface area contributed by atoms with Crippen LogP contribution in [-0.2, 0) is 0 Å². The van der Waals surface area contributed by atoms with Gasteiger partial charge in [0, 0.05) is 0 Å². The van der Waals surface area contributed by atoms with E-state index in [1.54, 1.807) is 0 Å². The van der Waals surface area contributed by atoms with Crippen molar-refractivity contribution in [2.75, 3.05) is 18.1 Å². The Morgan fingerprint density at radius 3 is 2.39 bits per heavy atom. The predicted octanol–water partition coefficient (Wildman–Crippen LogP) is 10.6. The number of hydrogen-bond donors (Lipinski definition) is 0. The molecule has 0 heterocycles. The molecule has 0 spiro atoms. The minimum atomic E-state index is -0.216. The van der Waals surface area contributed by atoms with Gasteiger partial charge in [0.25, 0.3) is 0 Å². The van der Waals surface area contributed by atoms with E-state index in [0.29, 0.717) is 23.8 Å². The lowest BCUT2D eigenvalue weighted by molar-refractivity contribution is 0.291. The molecule has 2 aromatic carbocycles. The first-order chi connectivity index (χ1) is 17.5. The first kappa shape index (κ1) is 29.1. The summed E-state index contributed by atoms with van der Waals surface area (Å²) in [5.41, 5.74) is 4.18. The van der Waals surface area contributed by atoms with Crippen LogP contribution >= 0.6 is 11.8 Å². The summed E-state index contributed by atoms with van der Waals surface area (Å²) in [6, 6.07) is 12.7. The molecule has 1 aliphatic rings. The highest BCUT2D eigenvalue weighted by atomic mass is 32.2. The van der Waals surface area contributed by atoms with Gasteiger partial charge in [0.15, 0.2) is 11.6 Å². The minimum absolute atomic E-state index is 0.216. The number of halogens is 1. The standard InChI is InChI=1S/C33H49FOS/c1-5-10-27-11-13-28(14-12-27)29-15-17-30(18-16-29)31-19-20-32(33(34)26(31)4)35-22-8-7-9-23-36-24-21-25(3)6-2/h15-20,25,27-28H,5-14,21-24H2,1-4H3.